The van der Waals surface area contributed by atoms with E-state index >= 15 is 0 Å². The number of piperazine rings is 1. The highest BCUT2D eigenvalue weighted by atomic mass is 16.5. The largest absolute Gasteiger partial charge is 0.468 e. The summed E-state index contributed by atoms with van der Waals surface area (Å²) in [5.41, 5.74) is 1.12. The number of carbonyl (C=O) groups excluding carboxylic acids is 2. The van der Waals surface area contributed by atoms with E-state index in [0.717, 1.165) is 36.9 Å². The summed E-state index contributed by atoms with van der Waals surface area (Å²) < 4.78 is 5.07. The maximum Gasteiger partial charge on any atom is 0.407 e. The third-order valence-corrected chi connectivity index (χ3v) is 6.39. The van der Waals surface area contributed by atoms with Gasteiger partial charge in [0, 0.05) is 31.9 Å². The van der Waals surface area contributed by atoms with Crippen LogP contribution in [0.2, 0.25) is 0 Å². The van der Waals surface area contributed by atoms with Gasteiger partial charge < -0.3 is 19.6 Å². The van der Waals surface area contributed by atoms with Crippen molar-refractivity contribution in [3.63, 3.8) is 0 Å². The highest BCUT2D eigenvalue weighted by Gasteiger charge is 2.45. The number of urea groups is 1. The molecule has 2 aliphatic heterocycles. The maximum atomic E-state index is 12.8. The Kier molecular flexibility index (Phi) is 4.64. The lowest BCUT2D eigenvalue weighted by atomic mass is 9.79. The highest BCUT2D eigenvalue weighted by molar-refractivity contribution is 5.95. The van der Waals surface area contributed by atoms with Crippen LogP contribution in [0.15, 0.2) is 24.3 Å². The standard InChI is InChI=1S/C20H25N3O5/c1-28-17(24)20(8-2-3-9-20)14-4-6-15(7-5-14)23-13-16-12-21(19(26)27)10-11-22(16)18(23)25/h4-7,16H,2-3,8-13H2,1H3,(H,26,27). The summed E-state index contributed by atoms with van der Waals surface area (Å²) in [5, 5.41) is 9.20. The Morgan fingerprint density at radius 3 is 2.39 bits per heavy atom. The number of fused-ring (bicyclic) bond motifs is 1. The van der Waals surface area contributed by atoms with Crippen LogP contribution in [0, 0.1) is 0 Å². The molecular weight excluding hydrogens is 362 g/mol. The van der Waals surface area contributed by atoms with Gasteiger partial charge in [-0.1, -0.05) is 25.0 Å². The molecular formula is C20H25N3O5. The van der Waals surface area contributed by atoms with Crippen molar-refractivity contribution in [2.24, 2.45) is 0 Å². The highest BCUT2D eigenvalue weighted by Crippen LogP contribution is 2.42. The molecule has 2 heterocycles. The minimum atomic E-state index is -0.945. The van der Waals surface area contributed by atoms with E-state index < -0.39 is 11.5 Å². The molecule has 1 N–H and O–H groups in total. The molecule has 8 heteroatoms. The lowest BCUT2D eigenvalue weighted by Crippen LogP contribution is -2.53. The quantitative estimate of drug-likeness (QED) is 0.804. The molecule has 4 rings (SSSR count). The average Bonchev–Trinajstić information content (AvgIpc) is 3.33. The van der Waals surface area contributed by atoms with Gasteiger partial charge in [-0.25, -0.2) is 9.59 Å². The van der Waals surface area contributed by atoms with Crippen molar-refractivity contribution in [1.82, 2.24) is 9.80 Å². The van der Waals surface area contributed by atoms with Crippen LogP contribution >= 0.6 is 0 Å². The fourth-order valence-electron chi connectivity index (χ4n) is 4.84. The summed E-state index contributed by atoms with van der Waals surface area (Å²) in [6.07, 6.45) is 2.61. The Morgan fingerprint density at radius 1 is 1.11 bits per heavy atom. The lowest BCUT2D eigenvalue weighted by Gasteiger charge is -2.34. The number of nitrogens with zero attached hydrogens (tertiary/aromatic N) is 3. The van der Waals surface area contributed by atoms with Crippen LogP contribution in [0.4, 0.5) is 15.3 Å². The number of esters is 1. The van der Waals surface area contributed by atoms with Crippen molar-refractivity contribution >= 4 is 23.8 Å². The summed E-state index contributed by atoms with van der Waals surface area (Å²) in [6.45, 7) is 1.55. The van der Waals surface area contributed by atoms with Gasteiger partial charge in [0.2, 0.25) is 0 Å². The Balaban J connectivity index is 1.54. The van der Waals surface area contributed by atoms with Crippen molar-refractivity contribution in [3.05, 3.63) is 29.8 Å². The molecule has 1 aromatic rings. The predicted molar refractivity (Wildman–Crippen MR) is 101 cm³/mol. The zero-order valence-electron chi connectivity index (χ0n) is 16.0. The maximum absolute atomic E-state index is 12.8. The van der Waals surface area contributed by atoms with Crippen LogP contribution in [0.25, 0.3) is 0 Å². The van der Waals surface area contributed by atoms with E-state index in [-0.39, 0.29) is 18.0 Å². The zero-order chi connectivity index (χ0) is 19.9. The Labute approximate surface area is 163 Å². The van der Waals surface area contributed by atoms with E-state index in [0.29, 0.717) is 26.2 Å². The molecule has 3 aliphatic rings. The topological polar surface area (TPSA) is 90.4 Å². The van der Waals surface area contributed by atoms with Crippen LogP contribution in [0.5, 0.6) is 0 Å². The molecule has 0 bridgehead atoms. The van der Waals surface area contributed by atoms with Gasteiger partial charge in [-0.05, 0) is 30.5 Å². The Bertz CT molecular complexity index is 788. The average molecular weight is 387 g/mol. The fraction of sp³-hybridized carbons (Fsp3) is 0.550. The van der Waals surface area contributed by atoms with Crippen LogP contribution < -0.4 is 4.90 Å². The molecule has 28 heavy (non-hydrogen) atoms. The number of hydrogen-bond acceptors (Lipinski definition) is 4. The molecule has 1 saturated carbocycles. The lowest BCUT2D eigenvalue weighted by molar-refractivity contribution is -0.147. The first kappa shape index (κ1) is 18.6. The second-order valence-electron chi connectivity index (χ2n) is 7.80. The fourth-order valence-corrected chi connectivity index (χ4v) is 4.84. The van der Waals surface area contributed by atoms with Gasteiger partial charge in [-0.2, -0.15) is 0 Å². The number of ether oxygens (including phenoxy) is 1. The molecule has 1 aliphatic carbocycles. The second kappa shape index (κ2) is 7.00. The minimum Gasteiger partial charge on any atom is -0.468 e. The van der Waals surface area contributed by atoms with Gasteiger partial charge in [0.05, 0.1) is 18.6 Å². The van der Waals surface area contributed by atoms with Gasteiger partial charge in [0.1, 0.15) is 0 Å². The van der Waals surface area contributed by atoms with Crippen LogP contribution in [-0.2, 0) is 14.9 Å². The molecule has 1 unspecified atom stereocenters. The summed E-state index contributed by atoms with van der Waals surface area (Å²) in [4.78, 5) is 41.3. The van der Waals surface area contributed by atoms with Gasteiger partial charge in [-0.15, -0.1) is 0 Å². The third kappa shape index (κ3) is 2.87. The molecule has 0 spiro atoms. The van der Waals surface area contributed by atoms with E-state index in [9.17, 15) is 19.5 Å². The Hall–Kier alpha value is -2.77. The second-order valence-corrected chi connectivity index (χ2v) is 7.80. The smallest absolute Gasteiger partial charge is 0.407 e. The molecule has 8 nitrogen and oxygen atoms in total. The van der Waals surface area contributed by atoms with Gasteiger partial charge in [-0.3, -0.25) is 9.69 Å². The molecule has 2 saturated heterocycles. The molecule has 3 amide bonds. The summed E-state index contributed by atoms with van der Waals surface area (Å²) in [6, 6.07) is 7.38. The number of hydrogen-bond donors (Lipinski definition) is 1. The van der Waals surface area contributed by atoms with Crippen LogP contribution in [0.3, 0.4) is 0 Å². The van der Waals surface area contributed by atoms with Gasteiger partial charge >= 0.3 is 18.1 Å². The number of carbonyl (C=O) groups is 3. The third-order valence-electron chi connectivity index (χ3n) is 6.39. The van der Waals surface area contributed by atoms with Gasteiger partial charge in [0.25, 0.3) is 0 Å². The van der Waals surface area contributed by atoms with Crippen molar-refractivity contribution in [2.75, 3.05) is 38.2 Å². The first-order chi connectivity index (χ1) is 13.5. The number of rotatable bonds is 3. The predicted octanol–water partition coefficient (Wildman–Crippen LogP) is 2.28. The Morgan fingerprint density at radius 2 is 1.79 bits per heavy atom. The van der Waals surface area contributed by atoms with Crippen molar-refractivity contribution in [2.45, 2.75) is 37.1 Å². The molecule has 150 valence electrons. The SMILES string of the molecule is COC(=O)C1(c2ccc(N3CC4CN(C(=O)O)CCN4C3=O)cc2)CCCC1. The van der Waals surface area contributed by atoms with Crippen LogP contribution in [-0.4, -0.2) is 72.3 Å². The van der Waals surface area contributed by atoms with Crippen LogP contribution in [0.1, 0.15) is 31.2 Å². The molecule has 1 atom stereocenters. The van der Waals surface area contributed by atoms with Crippen molar-refractivity contribution in [1.29, 1.82) is 0 Å². The summed E-state index contributed by atoms with van der Waals surface area (Å²) in [5.74, 6) is -0.194. The summed E-state index contributed by atoms with van der Waals surface area (Å²) >= 11 is 0. The first-order valence-corrected chi connectivity index (χ1v) is 9.71. The van der Waals surface area contributed by atoms with E-state index in [1.807, 2.05) is 24.3 Å². The normalized spacial score (nSPS) is 23.7. The first-order valence-electron chi connectivity index (χ1n) is 9.71. The molecule has 3 fully saturated rings. The van der Waals surface area contributed by atoms with E-state index in [1.54, 1.807) is 9.80 Å². The summed E-state index contributed by atoms with van der Waals surface area (Å²) in [7, 11) is 1.43. The number of amides is 3. The minimum absolute atomic E-state index is 0.0914. The zero-order valence-corrected chi connectivity index (χ0v) is 16.0. The number of carboxylic acid groups (broad SMARTS) is 1. The molecule has 0 radical (unpaired) electrons. The van der Waals surface area contributed by atoms with Crippen molar-refractivity contribution in [3.8, 4) is 0 Å². The van der Waals surface area contributed by atoms with E-state index in [2.05, 4.69) is 0 Å². The van der Waals surface area contributed by atoms with E-state index in [1.165, 1.54) is 12.0 Å². The van der Waals surface area contributed by atoms with E-state index in [4.69, 9.17) is 4.74 Å². The molecule has 0 aromatic heterocycles. The monoisotopic (exact) mass is 387 g/mol. The number of methoxy groups -OCH3 is 1. The molecule has 1 aromatic carbocycles. The van der Waals surface area contributed by atoms with Gasteiger partial charge in [0.15, 0.2) is 0 Å². The van der Waals surface area contributed by atoms with Crippen molar-refractivity contribution < 1.29 is 24.2 Å². The number of anilines is 1. The number of benzene rings is 1.